The van der Waals surface area contributed by atoms with Crippen LogP contribution in [0.5, 0.6) is 0 Å². The molecule has 0 saturated heterocycles. The average molecular weight is 281 g/mol. The second-order valence-electron chi connectivity index (χ2n) is 7.25. The lowest BCUT2D eigenvalue weighted by Crippen LogP contribution is -2.35. The van der Waals surface area contributed by atoms with Crippen LogP contribution in [0.3, 0.4) is 0 Å². The van der Waals surface area contributed by atoms with Gasteiger partial charge in [0.15, 0.2) is 0 Å². The Labute approximate surface area is 128 Å². The van der Waals surface area contributed by atoms with E-state index in [2.05, 4.69) is 68.6 Å². The van der Waals surface area contributed by atoms with Crippen molar-refractivity contribution in [3.05, 3.63) is 48.0 Å². The van der Waals surface area contributed by atoms with Gasteiger partial charge in [-0.15, -0.1) is 0 Å². The highest BCUT2D eigenvalue weighted by atomic mass is 14.9. The van der Waals surface area contributed by atoms with Gasteiger partial charge in [-0.2, -0.15) is 0 Å². The van der Waals surface area contributed by atoms with Crippen LogP contribution >= 0.6 is 0 Å². The SMILES string of the molecule is CCCNC(Cc1ccc2ccccc2c1)C1CC1(C)C. The molecular weight excluding hydrogens is 254 g/mol. The Morgan fingerprint density at radius 1 is 1.14 bits per heavy atom. The van der Waals surface area contributed by atoms with E-state index < -0.39 is 0 Å². The Kier molecular flexibility index (Phi) is 4.03. The van der Waals surface area contributed by atoms with Crippen molar-refractivity contribution in [3.8, 4) is 0 Å². The number of hydrogen-bond acceptors (Lipinski definition) is 1. The van der Waals surface area contributed by atoms with Crippen molar-refractivity contribution >= 4 is 10.8 Å². The quantitative estimate of drug-likeness (QED) is 0.802. The smallest absolute Gasteiger partial charge is 0.0141 e. The van der Waals surface area contributed by atoms with Crippen LogP contribution in [0.4, 0.5) is 0 Å². The van der Waals surface area contributed by atoms with Crippen LogP contribution in [0.15, 0.2) is 42.5 Å². The fraction of sp³-hybridized carbons (Fsp3) is 0.500. The maximum Gasteiger partial charge on any atom is 0.0141 e. The van der Waals surface area contributed by atoms with Gasteiger partial charge in [0, 0.05) is 6.04 Å². The Bertz CT molecular complexity index is 614. The second-order valence-corrected chi connectivity index (χ2v) is 7.25. The normalized spacial score (nSPS) is 21.4. The third-order valence-electron chi connectivity index (χ3n) is 5.00. The molecule has 2 unspecified atom stereocenters. The Morgan fingerprint density at radius 2 is 1.86 bits per heavy atom. The molecule has 112 valence electrons. The predicted molar refractivity (Wildman–Crippen MR) is 91.6 cm³/mol. The molecule has 1 fully saturated rings. The molecule has 2 atom stereocenters. The molecule has 1 heteroatoms. The molecule has 3 rings (SSSR count). The molecular formula is C20H27N. The van der Waals surface area contributed by atoms with E-state index in [0.717, 1.165) is 18.9 Å². The van der Waals surface area contributed by atoms with E-state index in [1.54, 1.807) is 0 Å². The maximum atomic E-state index is 3.78. The van der Waals surface area contributed by atoms with Gasteiger partial charge >= 0.3 is 0 Å². The van der Waals surface area contributed by atoms with Gasteiger partial charge in [0.2, 0.25) is 0 Å². The molecule has 0 amide bonds. The van der Waals surface area contributed by atoms with Crippen LogP contribution in [0.25, 0.3) is 10.8 Å². The summed E-state index contributed by atoms with van der Waals surface area (Å²) < 4.78 is 0. The van der Waals surface area contributed by atoms with E-state index in [0.29, 0.717) is 11.5 Å². The highest BCUT2D eigenvalue weighted by molar-refractivity contribution is 5.83. The van der Waals surface area contributed by atoms with Crippen molar-refractivity contribution in [1.29, 1.82) is 0 Å². The summed E-state index contributed by atoms with van der Waals surface area (Å²) in [4.78, 5) is 0. The van der Waals surface area contributed by atoms with Gasteiger partial charge in [0.1, 0.15) is 0 Å². The summed E-state index contributed by atoms with van der Waals surface area (Å²) in [6.45, 7) is 8.18. The van der Waals surface area contributed by atoms with Crippen molar-refractivity contribution in [1.82, 2.24) is 5.32 Å². The molecule has 1 N–H and O–H groups in total. The molecule has 0 aliphatic heterocycles. The first-order chi connectivity index (χ1) is 10.1. The van der Waals surface area contributed by atoms with E-state index in [-0.39, 0.29) is 0 Å². The largest absolute Gasteiger partial charge is 0.313 e. The third-order valence-corrected chi connectivity index (χ3v) is 5.00. The van der Waals surface area contributed by atoms with Crippen LogP contribution in [-0.2, 0) is 6.42 Å². The molecule has 1 aliphatic rings. The second kappa shape index (κ2) is 5.81. The lowest BCUT2D eigenvalue weighted by Gasteiger charge is -2.20. The summed E-state index contributed by atoms with van der Waals surface area (Å²) in [6, 6.07) is 16.2. The summed E-state index contributed by atoms with van der Waals surface area (Å²) in [6.07, 6.45) is 3.72. The molecule has 2 aromatic carbocycles. The van der Waals surface area contributed by atoms with Gasteiger partial charge in [0.25, 0.3) is 0 Å². The zero-order chi connectivity index (χ0) is 14.9. The van der Waals surface area contributed by atoms with E-state index in [1.807, 2.05) is 0 Å². The minimum Gasteiger partial charge on any atom is -0.313 e. The molecule has 0 heterocycles. The highest BCUT2D eigenvalue weighted by Crippen LogP contribution is 2.54. The fourth-order valence-electron chi connectivity index (χ4n) is 3.50. The minimum atomic E-state index is 0.530. The van der Waals surface area contributed by atoms with Gasteiger partial charge in [-0.05, 0) is 53.5 Å². The van der Waals surface area contributed by atoms with Gasteiger partial charge in [-0.1, -0.05) is 63.2 Å². The highest BCUT2D eigenvalue weighted by Gasteiger charge is 2.49. The Hall–Kier alpha value is -1.34. The van der Waals surface area contributed by atoms with E-state index in [4.69, 9.17) is 0 Å². The molecule has 2 aromatic rings. The standard InChI is InChI=1S/C20H27N/c1-4-11-21-19(18-14-20(18,2)3)13-15-9-10-16-7-5-6-8-17(16)12-15/h5-10,12,18-19,21H,4,11,13-14H2,1-3H3. The number of rotatable bonds is 6. The van der Waals surface area contributed by atoms with Crippen LogP contribution < -0.4 is 5.32 Å². The summed E-state index contributed by atoms with van der Waals surface area (Å²) in [5.74, 6) is 0.829. The number of nitrogens with one attached hydrogen (secondary N) is 1. The topological polar surface area (TPSA) is 12.0 Å². The zero-order valence-electron chi connectivity index (χ0n) is 13.5. The van der Waals surface area contributed by atoms with E-state index in [1.165, 1.54) is 29.2 Å². The molecule has 0 bridgehead atoms. The van der Waals surface area contributed by atoms with Gasteiger partial charge in [-0.3, -0.25) is 0 Å². The van der Waals surface area contributed by atoms with Gasteiger partial charge < -0.3 is 5.32 Å². The lowest BCUT2D eigenvalue weighted by atomic mass is 9.95. The van der Waals surface area contributed by atoms with Gasteiger partial charge in [0.05, 0.1) is 0 Å². The molecule has 21 heavy (non-hydrogen) atoms. The Morgan fingerprint density at radius 3 is 2.52 bits per heavy atom. The molecule has 1 saturated carbocycles. The molecule has 0 radical (unpaired) electrons. The molecule has 0 aromatic heterocycles. The van der Waals surface area contributed by atoms with Gasteiger partial charge in [-0.25, -0.2) is 0 Å². The van der Waals surface area contributed by atoms with Crippen LogP contribution in [-0.4, -0.2) is 12.6 Å². The molecule has 0 spiro atoms. The first kappa shape index (κ1) is 14.6. The van der Waals surface area contributed by atoms with E-state index in [9.17, 15) is 0 Å². The zero-order valence-corrected chi connectivity index (χ0v) is 13.5. The minimum absolute atomic E-state index is 0.530. The van der Waals surface area contributed by atoms with Crippen molar-refractivity contribution in [2.24, 2.45) is 11.3 Å². The number of fused-ring (bicyclic) bond motifs is 1. The fourth-order valence-corrected chi connectivity index (χ4v) is 3.50. The lowest BCUT2D eigenvalue weighted by molar-refractivity contribution is 0.402. The average Bonchev–Trinajstić information content (AvgIpc) is 3.12. The van der Waals surface area contributed by atoms with Crippen LogP contribution in [0.1, 0.15) is 39.2 Å². The maximum absolute atomic E-state index is 3.78. The predicted octanol–water partition coefficient (Wildman–Crippen LogP) is 4.80. The number of benzene rings is 2. The first-order valence-electron chi connectivity index (χ1n) is 8.31. The van der Waals surface area contributed by atoms with Crippen LogP contribution in [0, 0.1) is 11.3 Å². The van der Waals surface area contributed by atoms with E-state index >= 15 is 0 Å². The molecule has 1 aliphatic carbocycles. The summed E-state index contributed by atoms with van der Waals surface area (Å²) in [5, 5.41) is 6.48. The summed E-state index contributed by atoms with van der Waals surface area (Å²) in [7, 11) is 0. The monoisotopic (exact) mass is 281 g/mol. The van der Waals surface area contributed by atoms with Crippen molar-refractivity contribution in [2.45, 2.75) is 46.1 Å². The Balaban J connectivity index is 1.77. The van der Waals surface area contributed by atoms with Crippen molar-refractivity contribution in [3.63, 3.8) is 0 Å². The number of hydrogen-bond donors (Lipinski definition) is 1. The van der Waals surface area contributed by atoms with Crippen molar-refractivity contribution in [2.75, 3.05) is 6.54 Å². The summed E-state index contributed by atoms with van der Waals surface area (Å²) >= 11 is 0. The van der Waals surface area contributed by atoms with Crippen molar-refractivity contribution < 1.29 is 0 Å². The molecule has 1 nitrogen and oxygen atoms in total. The third kappa shape index (κ3) is 3.29. The van der Waals surface area contributed by atoms with Crippen LogP contribution in [0.2, 0.25) is 0 Å². The summed E-state index contributed by atoms with van der Waals surface area (Å²) in [5.41, 5.74) is 1.99. The first-order valence-corrected chi connectivity index (χ1v) is 8.31.